The molecule has 0 radical (unpaired) electrons. The van der Waals surface area contributed by atoms with Gasteiger partial charge in [0.15, 0.2) is 0 Å². The number of pyridine rings is 1. The second-order valence-electron chi connectivity index (χ2n) is 5.49. The Bertz CT molecular complexity index is 917. The molecule has 0 aliphatic rings. The van der Waals surface area contributed by atoms with Gasteiger partial charge in [-0.1, -0.05) is 6.07 Å². The van der Waals surface area contributed by atoms with Crippen LogP contribution in [0.2, 0.25) is 0 Å². The number of imidazole rings is 1. The van der Waals surface area contributed by atoms with E-state index in [2.05, 4.69) is 20.3 Å². The number of amides is 2. The van der Waals surface area contributed by atoms with Crippen LogP contribution in [-0.4, -0.2) is 43.2 Å². The van der Waals surface area contributed by atoms with Gasteiger partial charge in [-0.15, -0.1) is 0 Å². The maximum absolute atomic E-state index is 12.6. The first-order valence-corrected chi connectivity index (χ1v) is 7.77. The zero-order valence-corrected chi connectivity index (χ0v) is 13.6. The van der Waals surface area contributed by atoms with Gasteiger partial charge in [0, 0.05) is 37.4 Å². The number of primary amides is 1. The Morgan fingerprint density at radius 1 is 1.19 bits per heavy atom. The predicted molar refractivity (Wildman–Crippen MR) is 91.3 cm³/mol. The van der Waals surface area contributed by atoms with Crippen LogP contribution in [0.25, 0.3) is 5.82 Å². The fraction of sp³-hybridized carbons (Fsp3) is 0.118. The number of nitrogens with one attached hydrogen (secondary N) is 2. The summed E-state index contributed by atoms with van der Waals surface area (Å²) in [5.41, 5.74) is 5.85. The summed E-state index contributed by atoms with van der Waals surface area (Å²) >= 11 is 0. The first-order chi connectivity index (χ1) is 12.6. The molecule has 0 spiro atoms. The van der Waals surface area contributed by atoms with Crippen molar-refractivity contribution in [3.05, 3.63) is 66.6 Å². The molecule has 4 N–H and O–H groups in total. The van der Waals surface area contributed by atoms with Gasteiger partial charge in [0.2, 0.25) is 11.6 Å². The molecule has 1 atom stereocenters. The van der Waals surface area contributed by atoms with Crippen molar-refractivity contribution in [1.82, 2.24) is 24.8 Å². The van der Waals surface area contributed by atoms with E-state index in [4.69, 9.17) is 5.73 Å². The van der Waals surface area contributed by atoms with Crippen LogP contribution in [0.3, 0.4) is 0 Å². The van der Waals surface area contributed by atoms with Gasteiger partial charge in [-0.25, -0.2) is 9.97 Å². The van der Waals surface area contributed by atoms with E-state index in [0.717, 1.165) is 5.56 Å². The largest absolute Gasteiger partial charge is 0.367 e. The summed E-state index contributed by atoms with van der Waals surface area (Å²) in [6.07, 6.45) is 8.08. The van der Waals surface area contributed by atoms with Gasteiger partial charge in [-0.05, 0) is 23.8 Å². The second-order valence-corrected chi connectivity index (χ2v) is 5.49. The molecule has 0 aromatic carbocycles. The Labute approximate surface area is 148 Å². The summed E-state index contributed by atoms with van der Waals surface area (Å²) in [7, 11) is 0. The van der Waals surface area contributed by atoms with E-state index < -0.39 is 23.6 Å². The van der Waals surface area contributed by atoms with Crippen LogP contribution in [0.4, 0.5) is 0 Å². The number of ketones is 1. The highest BCUT2D eigenvalue weighted by molar-refractivity contribution is 6.38. The number of Topliss-reactive ketones (excluding diaryl/α,β-unsaturated/α-hetero) is 1. The zero-order valence-electron chi connectivity index (χ0n) is 13.6. The predicted octanol–water partition coefficient (Wildman–Crippen LogP) is -0.00910. The summed E-state index contributed by atoms with van der Waals surface area (Å²) < 4.78 is 1.48. The smallest absolute Gasteiger partial charge is 0.288 e. The lowest BCUT2D eigenvalue weighted by Gasteiger charge is -2.16. The molecule has 3 aromatic rings. The van der Waals surface area contributed by atoms with Crippen LogP contribution in [-0.2, 0) is 16.0 Å². The number of H-pyrrole nitrogens is 1. The summed E-state index contributed by atoms with van der Waals surface area (Å²) in [6, 6.07) is 5.88. The highest BCUT2D eigenvalue weighted by Gasteiger charge is 2.27. The first kappa shape index (κ1) is 17.1. The molecule has 0 fully saturated rings. The highest BCUT2D eigenvalue weighted by Crippen LogP contribution is 2.09. The van der Waals surface area contributed by atoms with Crippen molar-refractivity contribution in [3.63, 3.8) is 0 Å². The molecule has 3 aromatic heterocycles. The first-order valence-electron chi connectivity index (χ1n) is 7.77. The van der Waals surface area contributed by atoms with Crippen LogP contribution in [0, 0.1) is 0 Å². The Morgan fingerprint density at radius 3 is 2.69 bits per heavy atom. The van der Waals surface area contributed by atoms with Crippen LogP contribution >= 0.6 is 0 Å². The molecule has 0 saturated heterocycles. The lowest BCUT2D eigenvalue weighted by molar-refractivity contribution is -0.137. The van der Waals surface area contributed by atoms with E-state index >= 15 is 0 Å². The molecule has 3 heterocycles. The van der Waals surface area contributed by atoms with Crippen molar-refractivity contribution in [2.24, 2.45) is 5.73 Å². The third kappa shape index (κ3) is 3.66. The number of nitrogens with zero attached hydrogens (tertiary/aromatic N) is 3. The van der Waals surface area contributed by atoms with Crippen molar-refractivity contribution in [2.45, 2.75) is 12.5 Å². The van der Waals surface area contributed by atoms with Crippen molar-refractivity contribution in [3.8, 4) is 5.82 Å². The van der Waals surface area contributed by atoms with Crippen molar-refractivity contribution in [2.75, 3.05) is 0 Å². The lowest BCUT2D eigenvalue weighted by atomic mass is 10.0. The Kier molecular flexibility index (Phi) is 4.88. The van der Waals surface area contributed by atoms with E-state index in [1.165, 1.54) is 10.8 Å². The average molecular weight is 352 g/mol. The topological polar surface area (TPSA) is 136 Å². The monoisotopic (exact) mass is 352 g/mol. The number of nitrogens with two attached hydrogens (primary N) is 1. The fourth-order valence-corrected chi connectivity index (χ4v) is 2.48. The summed E-state index contributed by atoms with van der Waals surface area (Å²) in [4.78, 5) is 47.1. The van der Waals surface area contributed by atoms with Gasteiger partial charge < -0.3 is 16.0 Å². The van der Waals surface area contributed by atoms with Crippen LogP contribution in [0.1, 0.15) is 16.2 Å². The normalized spacial score (nSPS) is 11.7. The van der Waals surface area contributed by atoms with Crippen molar-refractivity contribution >= 4 is 17.6 Å². The van der Waals surface area contributed by atoms with E-state index in [9.17, 15) is 14.4 Å². The molecule has 0 bridgehead atoms. The maximum atomic E-state index is 12.6. The average Bonchev–Trinajstić information content (AvgIpc) is 3.32. The van der Waals surface area contributed by atoms with Crippen LogP contribution in [0.5, 0.6) is 0 Å². The molecule has 0 aliphatic carbocycles. The van der Waals surface area contributed by atoms with Crippen LogP contribution in [0.15, 0.2) is 55.2 Å². The van der Waals surface area contributed by atoms with E-state index in [0.29, 0.717) is 5.82 Å². The fourth-order valence-electron chi connectivity index (χ4n) is 2.48. The Hall–Kier alpha value is -3.75. The molecule has 0 aliphatic heterocycles. The summed E-state index contributed by atoms with van der Waals surface area (Å²) in [6.45, 7) is 0. The van der Waals surface area contributed by atoms with E-state index in [-0.39, 0.29) is 12.2 Å². The zero-order chi connectivity index (χ0) is 18.5. The quantitative estimate of drug-likeness (QED) is 0.514. The third-order valence-corrected chi connectivity index (χ3v) is 3.71. The van der Waals surface area contributed by atoms with Gasteiger partial charge in [0.25, 0.3) is 11.8 Å². The van der Waals surface area contributed by atoms with Gasteiger partial charge in [0.05, 0.1) is 0 Å². The van der Waals surface area contributed by atoms with Gasteiger partial charge in [0.1, 0.15) is 11.9 Å². The molecule has 9 nitrogen and oxygen atoms in total. The number of aromatic amines is 1. The molecule has 132 valence electrons. The van der Waals surface area contributed by atoms with Gasteiger partial charge in [-0.3, -0.25) is 19.0 Å². The number of carbonyl (C=O) groups is 3. The minimum absolute atomic E-state index is 0.0417. The molecule has 3 rings (SSSR count). The number of hydrogen-bond donors (Lipinski definition) is 3. The Morgan fingerprint density at radius 2 is 2.04 bits per heavy atom. The Balaban J connectivity index is 1.83. The highest BCUT2D eigenvalue weighted by atomic mass is 16.2. The van der Waals surface area contributed by atoms with Crippen LogP contribution < -0.4 is 11.1 Å². The number of rotatable bonds is 7. The summed E-state index contributed by atoms with van der Waals surface area (Å²) in [5, 5.41) is 2.53. The SMILES string of the molecule is NC(=O)C(=O)C(Cc1cc[nH]c1)NC(=O)c1nccn1-c1ccccn1. The summed E-state index contributed by atoms with van der Waals surface area (Å²) in [5.74, 6) is -2.07. The second kappa shape index (κ2) is 7.43. The number of carbonyl (C=O) groups excluding carboxylic acids is 3. The molecule has 2 amide bonds. The molecule has 9 heteroatoms. The maximum Gasteiger partial charge on any atom is 0.288 e. The minimum atomic E-state index is -1.11. The third-order valence-electron chi connectivity index (χ3n) is 3.71. The van der Waals surface area contributed by atoms with E-state index in [1.54, 1.807) is 49.1 Å². The van der Waals surface area contributed by atoms with Gasteiger partial charge in [-0.2, -0.15) is 0 Å². The lowest BCUT2D eigenvalue weighted by Crippen LogP contribution is -2.47. The molecule has 0 saturated carbocycles. The molecule has 1 unspecified atom stereocenters. The van der Waals surface area contributed by atoms with Crippen molar-refractivity contribution in [1.29, 1.82) is 0 Å². The van der Waals surface area contributed by atoms with Crippen molar-refractivity contribution < 1.29 is 14.4 Å². The standard InChI is InChI=1S/C17H16N6O3/c18-15(25)14(24)12(9-11-4-6-19-10-11)22-17(26)16-21-7-8-23(16)13-3-1-2-5-20-13/h1-8,10,12,19H,9H2,(H2,18,25)(H,22,26). The number of aromatic nitrogens is 4. The molecule has 26 heavy (non-hydrogen) atoms. The molecular formula is C17H16N6O3. The number of hydrogen-bond acceptors (Lipinski definition) is 5. The van der Waals surface area contributed by atoms with E-state index in [1.807, 2.05) is 0 Å². The minimum Gasteiger partial charge on any atom is -0.367 e. The van der Waals surface area contributed by atoms with Gasteiger partial charge >= 0.3 is 0 Å². The molecular weight excluding hydrogens is 336 g/mol.